The molecule has 0 radical (unpaired) electrons. The van der Waals surface area contributed by atoms with Gasteiger partial charge in [-0.05, 0) is 62.8 Å². The number of esters is 1. The number of hydrogen-bond acceptors (Lipinski definition) is 3. The molecule has 3 heteroatoms. The van der Waals surface area contributed by atoms with Gasteiger partial charge in [-0.3, -0.25) is 0 Å². The molecule has 0 unspecified atom stereocenters. The Balaban J connectivity index is 1.92. The van der Waals surface area contributed by atoms with Crippen LogP contribution in [0.15, 0.2) is 42.5 Å². The Bertz CT molecular complexity index is 619. The summed E-state index contributed by atoms with van der Waals surface area (Å²) in [5.74, 6) is -0.297. The van der Waals surface area contributed by atoms with Gasteiger partial charge in [-0.15, -0.1) is 0 Å². The summed E-state index contributed by atoms with van der Waals surface area (Å²) in [7, 11) is 0. The van der Waals surface area contributed by atoms with Gasteiger partial charge >= 0.3 is 5.97 Å². The second-order valence-electron chi connectivity index (χ2n) is 8.57. The average Bonchev–Trinajstić information content (AvgIpc) is 2.80. The quantitative estimate of drug-likeness (QED) is 0.0951. The maximum atomic E-state index is 11.3. The number of ether oxygens (including phenoxy) is 1. The fourth-order valence-electron chi connectivity index (χ4n) is 3.67. The summed E-state index contributed by atoms with van der Waals surface area (Å²) in [5, 5.41) is 3.48. The van der Waals surface area contributed by atoms with Crippen molar-refractivity contribution in [3.63, 3.8) is 0 Å². The molecule has 0 bridgehead atoms. The van der Waals surface area contributed by atoms with Crippen molar-refractivity contribution in [2.45, 2.75) is 104 Å². The first-order valence-corrected chi connectivity index (χ1v) is 13.1. The van der Waals surface area contributed by atoms with E-state index in [1.807, 2.05) is 19.1 Å². The minimum Gasteiger partial charge on any atom is -0.463 e. The van der Waals surface area contributed by atoms with Crippen LogP contribution in [0.4, 0.5) is 5.69 Å². The molecular formula is C29H47NO2. The van der Waals surface area contributed by atoms with Crippen molar-refractivity contribution in [1.29, 1.82) is 0 Å². The maximum absolute atomic E-state index is 11.3. The molecule has 0 aliphatic carbocycles. The molecule has 1 rings (SSSR count). The lowest BCUT2D eigenvalue weighted by Gasteiger charge is -2.07. The van der Waals surface area contributed by atoms with Crippen LogP contribution in [0, 0.1) is 0 Å². The topological polar surface area (TPSA) is 38.3 Å². The number of nitrogens with one attached hydrogen (secondary N) is 1. The van der Waals surface area contributed by atoms with Gasteiger partial charge in [0.1, 0.15) is 0 Å². The van der Waals surface area contributed by atoms with Gasteiger partial charge in [0.25, 0.3) is 0 Å². The number of rotatable bonds is 20. The van der Waals surface area contributed by atoms with Crippen molar-refractivity contribution in [2.75, 3.05) is 18.5 Å². The number of benzene rings is 1. The van der Waals surface area contributed by atoms with Crippen LogP contribution in [0.2, 0.25) is 0 Å². The Hall–Kier alpha value is -2.03. The van der Waals surface area contributed by atoms with Gasteiger partial charge in [-0.1, -0.05) is 89.0 Å². The highest BCUT2D eigenvalue weighted by Crippen LogP contribution is 2.13. The van der Waals surface area contributed by atoms with E-state index in [1.165, 1.54) is 96.0 Å². The number of unbranched alkanes of at least 4 members (excludes halogenated alkanes) is 12. The third kappa shape index (κ3) is 16.6. The molecule has 0 atom stereocenters. The van der Waals surface area contributed by atoms with Crippen molar-refractivity contribution in [3.05, 3.63) is 48.1 Å². The average molecular weight is 442 g/mol. The third-order valence-corrected chi connectivity index (χ3v) is 5.63. The maximum Gasteiger partial charge on any atom is 0.330 e. The SMILES string of the molecule is CCCCCCCC/C=C/CCCCCCCCNc1ccc(/C=C/C(=O)OCC)cc1. The third-order valence-electron chi connectivity index (χ3n) is 5.63. The van der Waals surface area contributed by atoms with Crippen LogP contribution in [0.25, 0.3) is 6.08 Å². The van der Waals surface area contributed by atoms with Gasteiger partial charge in [0, 0.05) is 18.3 Å². The fraction of sp³-hybridized carbons (Fsp3) is 0.621. The van der Waals surface area contributed by atoms with Gasteiger partial charge in [0.2, 0.25) is 0 Å². The van der Waals surface area contributed by atoms with Crippen molar-refractivity contribution in [3.8, 4) is 0 Å². The number of allylic oxidation sites excluding steroid dienone is 2. The van der Waals surface area contributed by atoms with Gasteiger partial charge in [0.15, 0.2) is 0 Å². The summed E-state index contributed by atoms with van der Waals surface area (Å²) < 4.78 is 4.89. The number of hydrogen-bond donors (Lipinski definition) is 1. The smallest absolute Gasteiger partial charge is 0.330 e. The molecule has 0 spiro atoms. The summed E-state index contributed by atoms with van der Waals surface area (Å²) >= 11 is 0. The molecule has 180 valence electrons. The number of carbonyl (C=O) groups is 1. The van der Waals surface area contributed by atoms with E-state index in [9.17, 15) is 4.79 Å². The first-order valence-electron chi connectivity index (χ1n) is 13.1. The van der Waals surface area contributed by atoms with Crippen LogP contribution < -0.4 is 5.32 Å². The van der Waals surface area contributed by atoms with Crippen LogP contribution in [0.1, 0.15) is 109 Å². The summed E-state index contributed by atoms with van der Waals surface area (Å²) in [6.07, 6.45) is 26.8. The van der Waals surface area contributed by atoms with Gasteiger partial charge in [0.05, 0.1) is 6.61 Å². The van der Waals surface area contributed by atoms with E-state index in [2.05, 4.69) is 36.5 Å². The largest absolute Gasteiger partial charge is 0.463 e. The highest BCUT2D eigenvalue weighted by atomic mass is 16.5. The lowest BCUT2D eigenvalue weighted by atomic mass is 10.1. The predicted octanol–water partition coefficient (Wildman–Crippen LogP) is 8.71. The molecular weight excluding hydrogens is 394 g/mol. The fourth-order valence-corrected chi connectivity index (χ4v) is 3.67. The van der Waals surface area contributed by atoms with E-state index < -0.39 is 0 Å². The van der Waals surface area contributed by atoms with E-state index in [4.69, 9.17) is 4.74 Å². The molecule has 0 aliphatic heterocycles. The normalized spacial score (nSPS) is 11.4. The number of anilines is 1. The van der Waals surface area contributed by atoms with Crippen LogP contribution in [0.3, 0.4) is 0 Å². The highest BCUT2D eigenvalue weighted by Gasteiger charge is 1.96. The standard InChI is InChI=1S/C29H47NO2/c1-3-5-6-7-8-9-10-11-12-13-14-15-16-17-18-19-26-30-28-23-20-27(21-24-28)22-25-29(31)32-4-2/h11-12,20-25,30H,3-10,13-19,26H2,1-2H3/b12-11+,25-22+. The molecule has 0 saturated carbocycles. The predicted molar refractivity (Wildman–Crippen MR) is 140 cm³/mol. The minimum absolute atomic E-state index is 0.297. The van der Waals surface area contributed by atoms with Crippen molar-refractivity contribution >= 4 is 17.7 Å². The van der Waals surface area contributed by atoms with Crippen LogP contribution >= 0.6 is 0 Å². The van der Waals surface area contributed by atoms with E-state index >= 15 is 0 Å². The lowest BCUT2D eigenvalue weighted by molar-refractivity contribution is -0.137. The van der Waals surface area contributed by atoms with Crippen LogP contribution in [0.5, 0.6) is 0 Å². The van der Waals surface area contributed by atoms with Gasteiger partial charge < -0.3 is 10.1 Å². The lowest BCUT2D eigenvalue weighted by Crippen LogP contribution is -2.01. The molecule has 32 heavy (non-hydrogen) atoms. The molecule has 0 aliphatic rings. The van der Waals surface area contributed by atoms with Gasteiger partial charge in [-0.25, -0.2) is 4.79 Å². The Morgan fingerprint density at radius 2 is 1.34 bits per heavy atom. The van der Waals surface area contributed by atoms with E-state index in [1.54, 1.807) is 6.08 Å². The monoisotopic (exact) mass is 441 g/mol. The highest BCUT2D eigenvalue weighted by molar-refractivity contribution is 5.87. The summed E-state index contributed by atoms with van der Waals surface area (Å²) in [4.78, 5) is 11.3. The second-order valence-corrected chi connectivity index (χ2v) is 8.57. The van der Waals surface area contributed by atoms with Crippen molar-refractivity contribution < 1.29 is 9.53 Å². The Labute approximate surface area is 197 Å². The summed E-state index contributed by atoms with van der Waals surface area (Å²) in [6, 6.07) is 8.15. The Kier molecular flexibility index (Phi) is 18.2. The van der Waals surface area contributed by atoms with Crippen molar-refractivity contribution in [2.24, 2.45) is 0 Å². The molecule has 0 fully saturated rings. The zero-order chi connectivity index (χ0) is 23.1. The summed E-state index contributed by atoms with van der Waals surface area (Å²) in [5.41, 5.74) is 2.13. The van der Waals surface area contributed by atoms with Gasteiger partial charge in [-0.2, -0.15) is 0 Å². The van der Waals surface area contributed by atoms with E-state index in [0.29, 0.717) is 6.61 Å². The second kappa shape index (κ2) is 20.8. The van der Waals surface area contributed by atoms with Crippen LogP contribution in [-0.2, 0) is 9.53 Å². The first kappa shape index (κ1) is 28.0. The van der Waals surface area contributed by atoms with E-state index in [0.717, 1.165) is 17.8 Å². The van der Waals surface area contributed by atoms with Crippen LogP contribution in [-0.4, -0.2) is 19.1 Å². The molecule has 1 aromatic carbocycles. The van der Waals surface area contributed by atoms with E-state index in [-0.39, 0.29) is 5.97 Å². The number of carbonyl (C=O) groups excluding carboxylic acids is 1. The Morgan fingerprint density at radius 1 is 0.781 bits per heavy atom. The van der Waals surface area contributed by atoms with Crippen molar-refractivity contribution in [1.82, 2.24) is 0 Å². The molecule has 1 N–H and O–H groups in total. The molecule has 0 saturated heterocycles. The minimum atomic E-state index is -0.297. The Morgan fingerprint density at radius 3 is 1.94 bits per heavy atom. The summed E-state index contributed by atoms with van der Waals surface area (Å²) in [6.45, 7) is 5.50. The zero-order valence-electron chi connectivity index (χ0n) is 20.7. The molecule has 1 aromatic rings. The zero-order valence-corrected chi connectivity index (χ0v) is 20.7. The molecule has 0 aromatic heterocycles. The molecule has 3 nitrogen and oxygen atoms in total. The molecule has 0 heterocycles. The molecule has 0 amide bonds. The first-order chi connectivity index (χ1) is 15.8.